The molecule has 0 radical (unpaired) electrons. The van der Waals surface area contributed by atoms with Gasteiger partial charge in [-0.25, -0.2) is 0 Å². The lowest BCUT2D eigenvalue weighted by Gasteiger charge is -2.35. The quantitative estimate of drug-likeness (QED) is 0.649. The summed E-state index contributed by atoms with van der Waals surface area (Å²) in [6.07, 6.45) is 6.61. The second-order valence-electron chi connectivity index (χ2n) is 4.75. The maximum atomic E-state index is 11.9. The van der Waals surface area contributed by atoms with E-state index in [2.05, 4.69) is 13.0 Å². The van der Waals surface area contributed by atoms with Gasteiger partial charge in [0, 0.05) is 18.4 Å². The minimum Gasteiger partial charge on any atom is -0.396 e. The van der Waals surface area contributed by atoms with E-state index < -0.39 is 0 Å². The van der Waals surface area contributed by atoms with Gasteiger partial charge in [0.15, 0.2) is 0 Å². The predicted octanol–water partition coefficient (Wildman–Crippen LogP) is 2.07. The summed E-state index contributed by atoms with van der Waals surface area (Å²) in [6.45, 7) is 2.30. The molecule has 1 saturated carbocycles. The van der Waals surface area contributed by atoms with Gasteiger partial charge in [-0.15, -0.1) is 0 Å². The van der Waals surface area contributed by atoms with Gasteiger partial charge < -0.3 is 5.11 Å². The zero-order valence-electron chi connectivity index (χ0n) is 8.75. The molecule has 2 aliphatic carbocycles. The van der Waals surface area contributed by atoms with Crippen molar-refractivity contribution in [3.63, 3.8) is 0 Å². The summed E-state index contributed by atoms with van der Waals surface area (Å²) in [5.41, 5.74) is 1.21. The Morgan fingerprint density at radius 3 is 2.93 bits per heavy atom. The van der Waals surface area contributed by atoms with Crippen molar-refractivity contribution in [3.05, 3.63) is 11.6 Å². The summed E-state index contributed by atoms with van der Waals surface area (Å²) < 4.78 is 0. The molecule has 1 N–H and O–H groups in total. The predicted molar refractivity (Wildman–Crippen MR) is 54.9 cm³/mol. The Morgan fingerprint density at radius 1 is 1.57 bits per heavy atom. The number of carbonyl (C=O) groups excluding carboxylic acids is 1. The van der Waals surface area contributed by atoms with Gasteiger partial charge in [-0.3, -0.25) is 4.79 Å². The van der Waals surface area contributed by atoms with Crippen LogP contribution in [0.3, 0.4) is 0 Å². The molecule has 0 amide bonds. The Kier molecular flexibility index (Phi) is 2.48. The van der Waals surface area contributed by atoms with Crippen LogP contribution in [-0.4, -0.2) is 17.5 Å². The number of hydrogen-bond donors (Lipinski definition) is 1. The van der Waals surface area contributed by atoms with E-state index in [9.17, 15) is 9.90 Å². The fourth-order valence-corrected chi connectivity index (χ4v) is 2.93. The lowest BCUT2D eigenvalue weighted by molar-refractivity contribution is -0.128. The highest BCUT2D eigenvalue weighted by molar-refractivity contribution is 5.87. The van der Waals surface area contributed by atoms with E-state index in [1.54, 1.807) is 0 Å². The van der Waals surface area contributed by atoms with Crippen LogP contribution in [0.5, 0.6) is 0 Å². The molecule has 2 unspecified atom stereocenters. The lowest BCUT2D eigenvalue weighted by Crippen LogP contribution is -2.35. The van der Waals surface area contributed by atoms with Gasteiger partial charge in [-0.2, -0.15) is 0 Å². The fraction of sp³-hybridized carbons (Fsp3) is 0.750. The van der Waals surface area contributed by atoms with Crippen molar-refractivity contribution < 1.29 is 9.90 Å². The third-order valence-corrected chi connectivity index (χ3v) is 4.06. The van der Waals surface area contributed by atoms with Gasteiger partial charge in [0.1, 0.15) is 5.78 Å². The van der Waals surface area contributed by atoms with Crippen molar-refractivity contribution in [1.29, 1.82) is 0 Å². The first kappa shape index (κ1) is 9.91. The van der Waals surface area contributed by atoms with Gasteiger partial charge in [-0.1, -0.05) is 11.6 Å². The van der Waals surface area contributed by atoms with Crippen LogP contribution in [-0.2, 0) is 4.79 Å². The molecule has 2 rings (SSSR count). The lowest BCUT2D eigenvalue weighted by atomic mass is 9.68. The Balaban J connectivity index is 2.24. The van der Waals surface area contributed by atoms with Crippen LogP contribution < -0.4 is 0 Å². The Hall–Kier alpha value is -0.630. The summed E-state index contributed by atoms with van der Waals surface area (Å²) in [5, 5.41) is 9.29. The number of ketones is 1. The molecule has 1 spiro atoms. The highest BCUT2D eigenvalue weighted by Gasteiger charge is 2.48. The maximum Gasteiger partial charge on any atom is 0.139 e. The third kappa shape index (κ3) is 1.33. The maximum absolute atomic E-state index is 11.9. The minimum absolute atomic E-state index is 0.179. The monoisotopic (exact) mass is 194 g/mol. The number of Topliss-reactive ketones (excluding diaryl/α,β-unsaturated/α-hetero) is 1. The molecule has 0 aromatic heterocycles. The normalized spacial score (nSPS) is 37.7. The molecule has 2 heteroatoms. The van der Waals surface area contributed by atoms with Crippen LogP contribution in [0.25, 0.3) is 0 Å². The number of allylic oxidation sites excluding steroid dienone is 2. The van der Waals surface area contributed by atoms with E-state index in [1.807, 2.05) is 0 Å². The molecule has 0 bridgehead atoms. The summed E-state index contributed by atoms with van der Waals surface area (Å²) in [6, 6.07) is 0. The summed E-state index contributed by atoms with van der Waals surface area (Å²) in [4.78, 5) is 11.9. The molecule has 0 aromatic carbocycles. The standard InChI is InChI=1S/C12H18O2/c1-9-4-6-12(7-5-9)10(8-13)2-3-11(12)14/h4,10,13H,2-3,5-8H2,1H3. The smallest absolute Gasteiger partial charge is 0.139 e. The molecule has 2 nitrogen and oxygen atoms in total. The molecule has 1 fully saturated rings. The highest BCUT2D eigenvalue weighted by Crippen LogP contribution is 2.49. The SMILES string of the molecule is CC1=CCC2(CC1)C(=O)CCC2CO. The summed E-state index contributed by atoms with van der Waals surface area (Å²) >= 11 is 0. The number of aliphatic hydroxyl groups is 1. The average molecular weight is 194 g/mol. The van der Waals surface area contributed by atoms with Gasteiger partial charge >= 0.3 is 0 Å². The Labute approximate surface area is 85.0 Å². The number of hydrogen-bond acceptors (Lipinski definition) is 2. The molecule has 0 heterocycles. The molecule has 0 aromatic rings. The topological polar surface area (TPSA) is 37.3 Å². The van der Waals surface area contributed by atoms with Crippen LogP contribution in [0.2, 0.25) is 0 Å². The first-order chi connectivity index (χ1) is 6.69. The summed E-state index contributed by atoms with van der Waals surface area (Å²) in [7, 11) is 0. The van der Waals surface area contributed by atoms with E-state index in [-0.39, 0.29) is 17.9 Å². The van der Waals surface area contributed by atoms with Crippen molar-refractivity contribution in [3.8, 4) is 0 Å². The van der Waals surface area contributed by atoms with Crippen molar-refractivity contribution in [2.75, 3.05) is 6.61 Å². The zero-order chi connectivity index (χ0) is 10.2. The second-order valence-corrected chi connectivity index (χ2v) is 4.75. The Bertz CT molecular complexity index is 280. The Morgan fingerprint density at radius 2 is 2.36 bits per heavy atom. The molecule has 0 aliphatic heterocycles. The third-order valence-electron chi connectivity index (χ3n) is 4.06. The molecule has 2 aliphatic rings. The van der Waals surface area contributed by atoms with Crippen molar-refractivity contribution in [1.82, 2.24) is 0 Å². The second kappa shape index (κ2) is 3.50. The highest BCUT2D eigenvalue weighted by atomic mass is 16.3. The molecular weight excluding hydrogens is 176 g/mol. The number of aliphatic hydroxyl groups excluding tert-OH is 1. The van der Waals surface area contributed by atoms with Crippen LogP contribution in [0.4, 0.5) is 0 Å². The van der Waals surface area contributed by atoms with Gasteiger partial charge in [0.05, 0.1) is 0 Å². The van der Waals surface area contributed by atoms with Crippen molar-refractivity contribution >= 4 is 5.78 Å². The summed E-state index contributed by atoms with van der Waals surface area (Å²) in [5.74, 6) is 0.611. The van der Waals surface area contributed by atoms with Crippen molar-refractivity contribution in [2.45, 2.75) is 39.0 Å². The zero-order valence-corrected chi connectivity index (χ0v) is 8.75. The van der Waals surface area contributed by atoms with E-state index in [0.29, 0.717) is 12.2 Å². The van der Waals surface area contributed by atoms with Crippen LogP contribution in [0.1, 0.15) is 39.0 Å². The fourth-order valence-electron chi connectivity index (χ4n) is 2.93. The molecule has 0 saturated heterocycles. The van der Waals surface area contributed by atoms with Crippen LogP contribution >= 0.6 is 0 Å². The van der Waals surface area contributed by atoms with Crippen LogP contribution in [0, 0.1) is 11.3 Å². The van der Waals surface area contributed by atoms with E-state index >= 15 is 0 Å². The molecular formula is C12H18O2. The van der Waals surface area contributed by atoms with Gasteiger partial charge in [0.25, 0.3) is 0 Å². The van der Waals surface area contributed by atoms with E-state index in [1.165, 1.54) is 5.57 Å². The van der Waals surface area contributed by atoms with Gasteiger partial charge in [0.2, 0.25) is 0 Å². The molecule has 78 valence electrons. The van der Waals surface area contributed by atoms with Crippen LogP contribution in [0.15, 0.2) is 11.6 Å². The molecule has 14 heavy (non-hydrogen) atoms. The minimum atomic E-state index is -0.186. The van der Waals surface area contributed by atoms with E-state index in [0.717, 1.165) is 25.7 Å². The average Bonchev–Trinajstić information content (AvgIpc) is 2.49. The first-order valence-corrected chi connectivity index (χ1v) is 5.49. The molecule has 2 atom stereocenters. The largest absolute Gasteiger partial charge is 0.396 e. The number of carbonyl (C=O) groups is 1. The number of rotatable bonds is 1. The van der Waals surface area contributed by atoms with Crippen molar-refractivity contribution in [2.24, 2.45) is 11.3 Å². The first-order valence-electron chi connectivity index (χ1n) is 5.49. The van der Waals surface area contributed by atoms with Gasteiger partial charge in [-0.05, 0) is 38.5 Å². The van der Waals surface area contributed by atoms with E-state index in [4.69, 9.17) is 0 Å².